The summed E-state index contributed by atoms with van der Waals surface area (Å²) in [5, 5.41) is 10.4. The van der Waals surface area contributed by atoms with Crippen LogP contribution < -0.4 is 10.1 Å². The number of halogens is 1. The highest BCUT2D eigenvalue weighted by Gasteiger charge is 2.16. The summed E-state index contributed by atoms with van der Waals surface area (Å²) >= 11 is 3.34. The number of rotatable bonds is 5. The van der Waals surface area contributed by atoms with E-state index in [0.29, 0.717) is 11.3 Å². The van der Waals surface area contributed by atoms with Gasteiger partial charge in [0, 0.05) is 15.6 Å². The third kappa shape index (κ3) is 4.24. The first-order valence-electron chi connectivity index (χ1n) is 7.69. The maximum atomic E-state index is 12.3. The van der Waals surface area contributed by atoms with Gasteiger partial charge in [-0.1, -0.05) is 15.9 Å². The lowest BCUT2D eigenvalue weighted by Gasteiger charge is -2.09. The largest absolute Gasteiger partial charge is 0.491 e. The number of anilines is 1. The third-order valence-corrected chi connectivity index (χ3v) is 3.86. The summed E-state index contributed by atoms with van der Waals surface area (Å²) < 4.78 is 11.3. The minimum atomic E-state index is -0.288. The van der Waals surface area contributed by atoms with Gasteiger partial charge in [0.1, 0.15) is 5.75 Å². The van der Waals surface area contributed by atoms with E-state index < -0.39 is 0 Å². The Morgan fingerprint density at radius 1 is 1.08 bits per heavy atom. The van der Waals surface area contributed by atoms with Crippen molar-refractivity contribution in [1.82, 2.24) is 10.3 Å². The summed E-state index contributed by atoms with van der Waals surface area (Å²) in [6, 6.07) is 14.4. The van der Waals surface area contributed by atoms with E-state index >= 15 is 0 Å². The van der Waals surface area contributed by atoms with Crippen molar-refractivity contribution in [3.63, 3.8) is 0 Å². The lowest BCUT2D eigenvalue weighted by Crippen LogP contribution is -2.12. The minimum Gasteiger partial charge on any atom is -0.491 e. The number of ether oxygens (including phenoxy) is 1. The standard InChI is InChI=1S/C18H16BrN3O3/c1-11(2)24-15-9-5-12(6-10-15)16-17(22-25-21-16)20-18(23)13-3-7-14(19)8-4-13/h3-11H,1-2H3,(H,20,22,23). The number of hydrogen-bond acceptors (Lipinski definition) is 5. The van der Waals surface area contributed by atoms with Gasteiger partial charge in [-0.25, -0.2) is 4.63 Å². The normalized spacial score (nSPS) is 10.7. The maximum absolute atomic E-state index is 12.3. The fraction of sp³-hybridized carbons (Fsp3) is 0.167. The molecule has 6 nitrogen and oxygen atoms in total. The number of nitrogens with zero attached hydrogens (tertiary/aromatic N) is 2. The summed E-state index contributed by atoms with van der Waals surface area (Å²) in [6.45, 7) is 3.93. The number of aromatic nitrogens is 2. The molecule has 2 aromatic carbocycles. The fourth-order valence-electron chi connectivity index (χ4n) is 2.20. The third-order valence-electron chi connectivity index (χ3n) is 3.33. The molecule has 0 fully saturated rings. The quantitative estimate of drug-likeness (QED) is 0.678. The first-order valence-corrected chi connectivity index (χ1v) is 8.49. The van der Waals surface area contributed by atoms with Crippen LogP contribution in [0.5, 0.6) is 5.75 Å². The van der Waals surface area contributed by atoms with Crippen LogP contribution in [-0.4, -0.2) is 22.3 Å². The zero-order valence-corrected chi connectivity index (χ0v) is 15.3. The number of nitrogens with one attached hydrogen (secondary N) is 1. The van der Waals surface area contributed by atoms with E-state index in [4.69, 9.17) is 9.37 Å². The molecule has 0 aliphatic carbocycles. The maximum Gasteiger partial charge on any atom is 0.256 e. The molecule has 1 heterocycles. The van der Waals surface area contributed by atoms with Crippen LogP contribution in [0, 0.1) is 0 Å². The van der Waals surface area contributed by atoms with Gasteiger partial charge < -0.3 is 10.1 Å². The summed E-state index contributed by atoms with van der Waals surface area (Å²) in [5.41, 5.74) is 1.74. The monoisotopic (exact) mass is 401 g/mol. The van der Waals surface area contributed by atoms with Crippen LogP contribution in [-0.2, 0) is 0 Å². The molecule has 0 unspecified atom stereocenters. The van der Waals surface area contributed by atoms with Crippen molar-refractivity contribution in [2.45, 2.75) is 20.0 Å². The molecule has 3 rings (SSSR count). The fourth-order valence-corrected chi connectivity index (χ4v) is 2.47. The van der Waals surface area contributed by atoms with Crippen LogP contribution in [0.4, 0.5) is 5.82 Å². The van der Waals surface area contributed by atoms with Crippen molar-refractivity contribution in [2.75, 3.05) is 5.32 Å². The molecular formula is C18H16BrN3O3. The SMILES string of the molecule is CC(C)Oc1ccc(-c2nonc2NC(=O)c2ccc(Br)cc2)cc1. The predicted octanol–water partition coefficient (Wildman–Crippen LogP) is 4.54. The average Bonchev–Trinajstić information content (AvgIpc) is 3.03. The van der Waals surface area contributed by atoms with E-state index in [1.807, 2.05) is 38.1 Å². The van der Waals surface area contributed by atoms with Gasteiger partial charge in [-0.3, -0.25) is 4.79 Å². The van der Waals surface area contributed by atoms with Gasteiger partial charge in [0.15, 0.2) is 5.69 Å². The Labute approximate surface area is 153 Å². The van der Waals surface area contributed by atoms with Gasteiger partial charge in [0.05, 0.1) is 6.10 Å². The van der Waals surface area contributed by atoms with Crippen LogP contribution in [0.2, 0.25) is 0 Å². The highest BCUT2D eigenvalue weighted by atomic mass is 79.9. The van der Waals surface area contributed by atoms with Gasteiger partial charge in [0.2, 0.25) is 5.82 Å². The Kier molecular flexibility index (Phi) is 5.14. The van der Waals surface area contributed by atoms with E-state index in [1.165, 1.54) is 0 Å². The van der Waals surface area contributed by atoms with Crippen molar-refractivity contribution in [3.8, 4) is 17.0 Å². The number of benzene rings is 2. The molecule has 7 heteroatoms. The molecule has 128 valence electrons. The van der Waals surface area contributed by atoms with Crippen molar-refractivity contribution in [3.05, 3.63) is 58.6 Å². The zero-order chi connectivity index (χ0) is 17.8. The molecule has 0 aliphatic heterocycles. The van der Waals surface area contributed by atoms with E-state index in [9.17, 15) is 4.79 Å². The lowest BCUT2D eigenvalue weighted by atomic mass is 10.1. The molecule has 0 bridgehead atoms. The second-order valence-corrected chi connectivity index (χ2v) is 6.53. The Morgan fingerprint density at radius 2 is 1.76 bits per heavy atom. The Morgan fingerprint density at radius 3 is 2.40 bits per heavy atom. The van der Waals surface area contributed by atoms with Crippen molar-refractivity contribution in [1.29, 1.82) is 0 Å². The van der Waals surface area contributed by atoms with E-state index in [2.05, 4.69) is 31.6 Å². The van der Waals surface area contributed by atoms with Gasteiger partial charge in [-0.15, -0.1) is 0 Å². The second kappa shape index (κ2) is 7.48. The molecular weight excluding hydrogens is 386 g/mol. The van der Waals surface area contributed by atoms with Crippen molar-refractivity contribution < 1.29 is 14.2 Å². The molecule has 0 saturated heterocycles. The van der Waals surface area contributed by atoms with Crippen molar-refractivity contribution in [2.24, 2.45) is 0 Å². The topological polar surface area (TPSA) is 77.2 Å². The summed E-state index contributed by atoms with van der Waals surface area (Å²) in [4.78, 5) is 12.3. The number of carbonyl (C=O) groups is 1. The van der Waals surface area contributed by atoms with Crippen LogP contribution in [0.25, 0.3) is 11.3 Å². The molecule has 0 atom stereocenters. The van der Waals surface area contributed by atoms with Gasteiger partial charge in [-0.05, 0) is 72.7 Å². The molecule has 25 heavy (non-hydrogen) atoms. The molecule has 3 aromatic rings. The molecule has 1 aromatic heterocycles. The van der Waals surface area contributed by atoms with Gasteiger partial charge >= 0.3 is 0 Å². The summed E-state index contributed by atoms with van der Waals surface area (Å²) in [6.07, 6.45) is 0.0975. The molecule has 0 spiro atoms. The highest BCUT2D eigenvalue weighted by Crippen LogP contribution is 2.27. The molecule has 0 saturated carbocycles. The molecule has 0 radical (unpaired) electrons. The van der Waals surface area contributed by atoms with Crippen LogP contribution >= 0.6 is 15.9 Å². The molecule has 1 N–H and O–H groups in total. The number of carbonyl (C=O) groups excluding carboxylic acids is 1. The smallest absolute Gasteiger partial charge is 0.256 e. The first kappa shape index (κ1) is 17.2. The minimum absolute atomic E-state index is 0.0975. The Hall–Kier alpha value is -2.67. The van der Waals surface area contributed by atoms with E-state index in [0.717, 1.165) is 15.8 Å². The summed E-state index contributed by atoms with van der Waals surface area (Å²) in [5.74, 6) is 0.741. The van der Waals surface area contributed by atoms with Gasteiger partial charge in [-0.2, -0.15) is 0 Å². The zero-order valence-electron chi connectivity index (χ0n) is 13.7. The van der Waals surface area contributed by atoms with Crippen LogP contribution in [0.3, 0.4) is 0 Å². The Bertz CT molecular complexity index is 858. The summed E-state index contributed by atoms with van der Waals surface area (Å²) in [7, 11) is 0. The van der Waals surface area contributed by atoms with Crippen LogP contribution in [0.1, 0.15) is 24.2 Å². The average molecular weight is 402 g/mol. The van der Waals surface area contributed by atoms with Crippen molar-refractivity contribution >= 4 is 27.7 Å². The second-order valence-electron chi connectivity index (χ2n) is 5.61. The number of hydrogen-bond donors (Lipinski definition) is 1. The van der Waals surface area contributed by atoms with E-state index in [1.54, 1.807) is 24.3 Å². The first-order chi connectivity index (χ1) is 12.0. The number of amides is 1. The highest BCUT2D eigenvalue weighted by molar-refractivity contribution is 9.10. The van der Waals surface area contributed by atoms with E-state index in [-0.39, 0.29) is 17.8 Å². The molecule has 0 aliphatic rings. The van der Waals surface area contributed by atoms with Crippen LogP contribution in [0.15, 0.2) is 57.6 Å². The molecule has 1 amide bonds. The van der Waals surface area contributed by atoms with Gasteiger partial charge in [0.25, 0.3) is 5.91 Å². The Balaban J connectivity index is 1.78. The lowest BCUT2D eigenvalue weighted by molar-refractivity contribution is 0.102. The predicted molar refractivity (Wildman–Crippen MR) is 97.6 cm³/mol.